The molecule has 19 heteroatoms. The molecule has 592 valence electrons. The molecule has 3 rings (SSSR count). The normalized spacial score (nSPS) is 26.6. The van der Waals surface area contributed by atoms with Crippen LogP contribution < -0.4 is 5.32 Å². The van der Waals surface area contributed by atoms with Gasteiger partial charge in [0, 0.05) is 6.42 Å². The lowest BCUT2D eigenvalue weighted by molar-refractivity contribution is -0.379. The lowest BCUT2D eigenvalue weighted by Gasteiger charge is -2.48. The summed E-state index contributed by atoms with van der Waals surface area (Å²) < 4.78 is 34.4. The van der Waals surface area contributed by atoms with Gasteiger partial charge in [-0.05, 0) is 83.5 Å². The largest absolute Gasteiger partial charge is 0.394 e. The summed E-state index contributed by atoms with van der Waals surface area (Å²) >= 11 is 0. The van der Waals surface area contributed by atoms with Crippen molar-refractivity contribution in [2.24, 2.45) is 0 Å². The second-order valence-corrected chi connectivity index (χ2v) is 28.8. The summed E-state index contributed by atoms with van der Waals surface area (Å²) in [6.45, 7) is 1.62. The molecule has 12 N–H and O–H groups in total. The van der Waals surface area contributed by atoms with Crippen molar-refractivity contribution in [2.45, 2.75) is 407 Å². The number of hydrogen-bond acceptors (Lipinski definition) is 18. The zero-order valence-corrected chi connectivity index (χ0v) is 63.3. The average molecular weight is 1450 g/mol. The number of carbonyl (C=O) groups is 1. The molecule has 3 heterocycles. The van der Waals surface area contributed by atoms with E-state index in [-0.39, 0.29) is 18.9 Å². The predicted octanol–water partition coefficient (Wildman–Crippen LogP) is 13.8. The minimum absolute atomic E-state index is 0.232. The van der Waals surface area contributed by atoms with Gasteiger partial charge in [0.05, 0.1) is 38.6 Å². The van der Waals surface area contributed by atoms with E-state index < -0.39 is 124 Å². The van der Waals surface area contributed by atoms with Crippen LogP contribution >= 0.6 is 0 Å². The Hall–Kier alpha value is -3.03. The lowest BCUT2D eigenvalue weighted by Crippen LogP contribution is -2.66. The van der Waals surface area contributed by atoms with Crippen molar-refractivity contribution < 1.29 is 89.4 Å². The molecule has 3 aliphatic rings. The van der Waals surface area contributed by atoms with Crippen molar-refractivity contribution in [3.63, 3.8) is 0 Å². The zero-order chi connectivity index (χ0) is 73.9. The van der Waals surface area contributed by atoms with E-state index in [1.54, 1.807) is 6.08 Å². The van der Waals surface area contributed by atoms with Gasteiger partial charge in [-0.2, -0.15) is 0 Å². The van der Waals surface area contributed by atoms with Gasteiger partial charge in [0.25, 0.3) is 0 Å². The molecule has 19 nitrogen and oxygen atoms in total. The van der Waals surface area contributed by atoms with Crippen molar-refractivity contribution >= 4 is 5.91 Å². The van der Waals surface area contributed by atoms with Crippen molar-refractivity contribution in [2.75, 3.05) is 26.4 Å². The van der Waals surface area contributed by atoms with Gasteiger partial charge in [-0.1, -0.05) is 298 Å². The van der Waals surface area contributed by atoms with E-state index >= 15 is 0 Å². The number of rotatable bonds is 64. The fraction of sp³-hybridized carbons (Fsp3) is 0.819. The third kappa shape index (κ3) is 42.5. The Labute approximate surface area is 616 Å². The second kappa shape index (κ2) is 63.0. The summed E-state index contributed by atoms with van der Waals surface area (Å²) in [6, 6.07) is -0.999. The van der Waals surface area contributed by atoms with Gasteiger partial charge >= 0.3 is 0 Å². The van der Waals surface area contributed by atoms with Gasteiger partial charge in [-0.3, -0.25) is 4.79 Å². The lowest BCUT2D eigenvalue weighted by atomic mass is 9.96. The van der Waals surface area contributed by atoms with Gasteiger partial charge in [0.2, 0.25) is 5.91 Å². The van der Waals surface area contributed by atoms with E-state index in [1.807, 2.05) is 6.08 Å². The summed E-state index contributed by atoms with van der Waals surface area (Å²) in [5.74, 6) is -0.286. The minimum Gasteiger partial charge on any atom is -0.394 e. The van der Waals surface area contributed by atoms with Crippen molar-refractivity contribution in [3.05, 3.63) is 85.1 Å². The Balaban J connectivity index is 1.34. The molecule has 102 heavy (non-hydrogen) atoms. The maximum Gasteiger partial charge on any atom is 0.220 e. The monoisotopic (exact) mass is 1450 g/mol. The first-order valence-corrected chi connectivity index (χ1v) is 40.8. The third-order valence-corrected chi connectivity index (χ3v) is 19.9. The number of amides is 1. The van der Waals surface area contributed by atoms with Crippen LogP contribution in [-0.4, -0.2) is 193 Å². The molecule has 0 spiro atoms. The van der Waals surface area contributed by atoms with Crippen LogP contribution in [0.15, 0.2) is 85.1 Å². The molecule has 3 aliphatic heterocycles. The molecule has 3 fully saturated rings. The van der Waals surface area contributed by atoms with Gasteiger partial charge in [0.15, 0.2) is 18.9 Å². The molecule has 1 amide bonds. The Bertz CT molecular complexity index is 2170. The van der Waals surface area contributed by atoms with Crippen molar-refractivity contribution in [3.8, 4) is 0 Å². The van der Waals surface area contributed by atoms with Crippen LogP contribution in [0, 0.1) is 0 Å². The quantitative estimate of drug-likeness (QED) is 0.0199. The van der Waals surface area contributed by atoms with Gasteiger partial charge in [-0.15, -0.1) is 0 Å². The molecule has 0 bridgehead atoms. The molecule has 0 aliphatic carbocycles. The fourth-order valence-electron chi connectivity index (χ4n) is 13.4. The highest BCUT2D eigenvalue weighted by atomic mass is 16.8. The van der Waals surface area contributed by atoms with Crippen LogP contribution in [0.3, 0.4) is 0 Å². The van der Waals surface area contributed by atoms with Gasteiger partial charge in [0.1, 0.15) is 73.2 Å². The second-order valence-electron chi connectivity index (χ2n) is 28.8. The Morgan fingerprint density at radius 2 is 0.686 bits per heavy atom. The average Bonchev–Trinajstić information content (AvgIpc) is 0.778. The van der Waals surface area contributed by atoms with Crippen LogP contribution in [0.1, 0.15) is 303 Å². The first-order chi connectivity index (χ1) is 49.8. The summed E-state index contributed by atoms with van der Waals surface area (Å²) in [5, 5.41) is 121. The zero-order valence-electron chi connectivity index (χ0n) is 63.3. The predicted molar refractivity (Wildman–Crippen MR) is 406 cm³/mol. The number of aliphatic hydroxyl groups is 11. The molecule has 3 saturated heterocycles. The van der Waals surface area contributed by atoms with Gasteiger partial charge in [-0.25, -0.2) is 0 Å². The number of aliphatic hydroxyl groups excluding tert-OH is 11. The van der Waals surface area contributed by atoms with Crippen LogP contribution in [0.2, 0.25) is 0 Å². The first-order valence-electron chi connectivity index (χ1n) is 40.8. The number of carbonyl (C=O) groups excluding carboxylic acids is 1. The SMILES string of the molecule is CC/C=C\C/C=C\C/C=C\C/C=C\CCCCCCCCCCCCCCCCCCCCCCCCCCC(=O)NC(COC1OC(CO)C(OC2OC(CO)C(OC3OC(CO)C(O)C(O)C3O)C(O)C2O)C(O)C1O)C(O)/C=C/CC/C=C/CC/C=C/CCCCCCCCCCCC. The van der Waals surface area contributed by atoms with E-state index in [0.29, 0.717) is 12.8 Å². The summed E-state index contributed by atoms with van der Waals surface area (Å²) in [5.41, 5.74) is 0. The van der Waals surface area contributed by atoms with E-state index in [2.05, 4.69) is 92.1 Å². The Morgan fingerprint density at radius 1 is 0.363 bits per heavy atom. The molecule has 0 aromatic rings. The van der Waals surface area contributed by atoms with Crippen LogP contribution in [-0.2, 0) is 33.2 Å². The summed E-state index contributed by atoms with van der Waals surface area (Å²) in [7, 11) is 0. The first kappa shape index (κ1) is 93.2. The van der Waals surface area contributed by atoms with E-state index in [9.17, 15) is 61.0 Å². The van der Waals surface area contributed by atoms with Crippen LogP contribution in [0.4, 0.5) is 0 Å². The maximum atomic E-state index is 13.5. The molecular formula is C83H147NO18. The van der Waals surface area contributed by atoms with Gasteiger partial charge < -0.3 is 89.9 Å². The number of hydrogen-bond donors (Lipinski definition) is 12. The summed E-state index contributed by atoms with van der Waals surface area (Å²) in [4.78, 5) is 13.5. The fourth-order valence-corrected chi connectivity index (χ4v) is 13.4. The Kier molecular flexibility index (Phi) is 57.5. The van der Waals surface area contributed by atoms with Crippen LogP contribution in [0.25, 0.3) is 0 Å². The molecule has 17 atom stereocenters. The molecule has 0 aromatic carbocycles. The molecule has 0 radical (unpaired) electrons. The number of ether oxygens (including phenoxy) is 6. The summed E-state index contributed by atoms with van der Waals surface area (Å²) in [6.07, 6.45) is 57.3. The highest BCUT2D eigenvalue weighted by Crippen LogP contribution is 2.33. The molecule has 17 unspecified atom stereocenters. The van der Waals surface area contributed by atoms with Crippen molar-refractivity contribution in [1.82, 2.24) is 5.32 Å². The Morgan fingerprint density at radius 3 is 1.10 bits per heavy atom. The van der Waals surface area contributed by atoms with E-state index in [0.717, 1.165) is 70.6 Å². The third-order valence-electron chi connectivity index (χ3n) is 19.9. The number of unbranched alkanes of at least 4 members (excludes halogenated alkanes) is 36. The molecule has 0 saturated carbocycles. The highest BCUT2D eigenvalue weighted by molar-refractivity contribution is 5.76. The maximum absolute atomic E-state index is 13.5. The molecular weight excluding hydrogens is 1300 g/mol. The molecule has 0 aromatic heterocycles. The number of allylic oxidation sites excluding steroid dienone is 13. The van der Waals surface area contributed by atoms with Crippen LogP contribution in [0.5, 0.6) is 0 Å². The van der Waals surface area contributed by atoms with Crippen molar-refractivity contribution in [1.29, 1.82) is 0 Å². The minimum atomic E-state index is -1.98. The van der Waals surface area contributed by atoms with E-state index in [1.165, 1.54) is 199 Å². The smallest absolute Gasteiger partial charge is 0.220 e. The standard InChI is InChI=1S/C83H147NO18/c1-3-5-7-9-11-13-15-17-19-21-23-25-26-27-28-29-30-31-32-33-34-35-36-37-38-39-40-41-43-45-47-49-51-53-55-57-59-61-71(89)84-66(67(88)60-58-56-54-52-50-48-46-44-42-24-22-20-18-16-14-12-10-8-6-4-2)65-97-81-77(95)74(92)79(69(63-86)99-81)102-83-78(96)75(93)80(70(64-87)100-83)101-82-76(94)73(91)72(90)68(62-85)98-82/h5,7,11,13,17,19,23,25,42,44,50,52,58,60,66-70,72-83,85-88,90-96H,3-4,6,8-10,12,14-16,18,20-22,24,26-41,43,45-49,51,53-57,59,61-65H2,1-2H3,(H,84,89)/b7-5-,13-11-,19-17-,25-23-,44-42+,52-50+,60-58+. The van der Waals surface area contributed by atoms with E-state index in [4.69, 9.17) is 28.4 Å². The topological polar surface area (TPSA) is 307 Å². The highest BCUT2D eigenvalue weighted by Gasteiger charge is 2.54. The number of nitrogens with one attached hydrogen (secondary N) is 1.